The molecule has 6 aromatic rings. The van der Waals surface area contributed by atoms with Gasteiger partial charge in [-0.15, -0.1) is 45.3 Å². The molecule has 0 aliphatic carbocycles. The van der Waals surface area contributed by atoms with Crippen LogP contribution in [0.1, 0.15) is 115 Å². The molecule has 4 aromatic heterocycles. The third-order valence-electron chi connectivity index (χ3n) is 14.1. The average molecular weight is 1110 g/mol. The normalized spacial score (nSPS) is 17.8. The Morgan fingerprint density at radius 3 is 1.84 bits per heavy atom. The van der Waals surface area contributed by atoms with Gasteiger partial charge in [-0.1, -0.05) is 47.5 Å². The van der Waals surface area contributed by atoms with Crippen molar-refractivity contribution in [3.05, 3.63) is 119 Å². The predicted molar refractivity (Wildman–Crippen MR) is 294 cm³/mol. The minimum atomic E-state index is -0.179. The van der Waals surface area contributed by atoms with Crippen molar-refractivity contribution in [2.45, 2.75) is 101 Å². The maximum Gasteiger partial charge on any atom is 0.264 e. The summed E-state index contributed by atoms with van der Waals surface area (Å²) < 4.78 is 0. The Kier molecular flexibility index (Phi) is 16.8. The number of hydrogen-bond donors (Lipinski definition) is 4. The lowest BCUT2D eigenvalue weighted by atomic mass is 10.0. The number of rotatable bonds is 21. The van der Waals surface area contributed by atoms with Crippen molar-refractivity contribution >= 4 is 109 Å². The number of aromatic nitrogens is 2. The van der Waals surface area contributed by atoms with Crippen molar-refractivity contribution in [2.75, 3.05) is 44.6 Å². The van der Waals surface area contributed by atoms with E-state index in [2.05, 4.69) is 31.2 Å². The number of amides is 4. The van der Waals surface area contributed by atoms with E-state index in [1.807, 2.05) is 70.7 Å². The van der Waals surface area contributed by atoms with Crippen LogP contribution in [-0.4, -0.2) is 106 Å². The number of anilines is 1. The topological polar surface area (TPSA) is 183 Å². The Morgan fingerprint density at radius 2 is 1.23 bits per heavy atom. The highest BCUT2D eigenvalue weighted by Gasteiger charge is 2.37. The second-order valence-electron chi connectivity index (χ2n) is 19.4. The van der Waals surface area contributed by atoms with Crippen molar-refractivity contribution in [1.82, 2.24) is 35.7 Å². The Morgan fingerprint density at radius 1 is 0.649 bits per heavy atom. The summed E-state index contributed by atoms with van der Waals surface area (Å²) in [5.74, 6) is 0.428. The summed E-state index contributed by atoms with van der Waals surface area (Å²) in [4.78, 5) is 94.1. The van der Waals surface area contributed by atoms with Crippen LogP contribution in [-0.2, 0) is 38.6 Å². The highest BCUT2D eigenvalue weighted by Crippen LogP contribution is 2.39. The first kappa shape index (κ1) is 52.3. The molecule has 4 saturated heterocycles. The number of halogens is 2. The zero-order valence-corrected chi connectivity index (χ0v) is 45.4. The number of nitrogens with zero attached hydrogens (tertiary/aromatic N) is 4. The molecular weight excluding hydrogens is 1060 g/mol. The van der Waals surface area contributed by atoms with Crippen LogP contribution in [0.3, 0.4) is 0 Å². The number of thiazole rings is 2. The number of unbranched alkanes of at least 4 members (excludes halogenated alkanes) is 1. The van der Waals surface area contributed by atoms with Gasteiger partial charge in [0.1, 0.15) is 5.78 Å². The highest BCUT2D eigenvalue weighted by molar-refractivity contribution is 7.18. The lowest BCUT2D eigenvalue weighted by Gasteiger charge is -2.37. The van der Waals surface area contributed by atoms with Gasteiger partial charge in [0.2, 0.25) is 11.8 Å². The Bertz CT molecular complexity index is 2850. The van der Waals surface area contributed by atoms with Crippen LogP contribution in [0.5, 0.6) is 0 Å². The van der Waals surface area contributed by atoms with Crippen LogP contribution in [0.2, 0.25) is 10.0 Å². The summed E-state index contributed by atoms with van der Waals surface area (Å²) in [6.07, 6.45) is 10.6. The molecule has 0 unspecified atom stereocenters. The molecule has 74 heavy (non-hydrogen) atoms. The molecule has 4 amide bonds. The molecule has 386 valence electrons. The molecule has 0 spiro atoms. The number of hydrogen-bond acceptors (Lipinski definition) is 14. The molecular formula is C54H56Cl2N8O6S4. The van der Waals surface area contributed by atoms with Gasteiger partial charge in [-0.25, -0.2) is 9.97 Å². The second kappa shape index (κ2) is 23.8. The van der Waals surface area contributed by atoms with Crippen molar-refractivity contribution < 1.29 is 28.8 Å². The van der Waals surface area contributed by atoms with Crippen LogP contribution in [0.25, 0.3) is 20.9 Å². The van der Waals surface area contributed by atoms with E-state index in [9.17, 15) is 28.8 Å². The molecule has 4 aliphatic heterocycles. The molecule has 20 heteroatoms. The number of nitrogens with one attached hydrogen (secondary N) is 4. The van der Waals surface area contributed by atoms with Gasteiger partial charge in [0.15, 0.2) is 5.78 Å². The van der Waals surface area contributed by atoms with E-state index >= 15 is 0 Å². The van der Waals surface area contributed by atoms with Crippen molar-refractivity contribution in [1.29, 1.82) is 0 Å². The Hall–Kier alpha value is -5.18. The van der Waals surface area contributed by atoms with E-state index in [-0.39, 0.29) is 59.1 Å². The number of likely N-dealkylation sites (tertiary alicyclic amines) is 2. The van der Waals surface area contributed by atoms with Crippen LogP contribution >= 0.6 is 68.5 Å². The fourth-order valence-electron chi connectivity index (χ4n) is 9.65. The first-order valence-corrected chi connectivity index (χ1v) is 29.3. The number of Topliss-reactive ketones (excluding diaryl/α,β-unsaturated/α-hetero) is 2. The van der Waals surface area contributed by atoms with Crippen LogP contribution in [0.4, 0.5) is 5.00 Å². The third-order valence-corrected chi connectivity index (χ3v) is 19.3. The average Bonchev–Trinajstić information content (AvgIpc) is 4.23. The van der Waals surface area contributed by atoms with E-state index in [4.69, 9.17) is 23.2 Å². The quantitative estimate of drug-likeness (QED) is 0.0507. The van der Waals surface area contributed by atoms with Crippen LogP contribution < -0.4 is 21.3 Å². The summed E-state index contributed by atoms with van der Waals surface area (Å²) in [7, 11) is 0. The van der Waals surface area contributed by atoms with Gasteiger partial charge in [-0.05, 0) is 117 Å². The molecule has 4 fully saturated rings. The van der Waals surface area contributed by atoms with Gasteiger partial charge in [-0.2, -0.15) is 0 Å². The summed E-state index contributed by atoms with van der Waals surface area (Å²) in [6, 6.07) is 18.7. The molecule has 0 radical (unpaired) electrons. The number of carbonyl (C=O) groups is 6. The van der Waals surface area contributed by atoms with Crippen LogP contribution in [0, 0.1) is 0 Å². The molecule has 4 N–H and O–H groups in total. The monoisotopic (exact) mass is 1110 g/mol. The molecule has 14 nitrogen and oxygen atoms in total. The van der Waals surface area contributed by atoms with E-state index in [0.717, 1.165) is 85.7 Å². The van der Waals surface area contributed by atoms with E-state index in [1.165, 1.54) is 22.7 Å². The Labute approximate surface area is 455 Å². The summed E-state index contributed by atoms with van der Waals surface area (Å²) in [6.45, 7) is 4.38. The fraction of sp³-hybridized carbons (Fsp3) is 0.407. The van der Waals surface area contributed by atoms with Crippen molar-refractivity contribution in [3.8, 4) is 20.9 Å². The van der Waals surface area contributed by atoms with Gasteiger partial charge >= 0.3 is 0 Å². The molecule has 0 bridgehead atoms. The highest BCUT2D eigenvalue weighted by atomic mass is 35.5. The number of carbonyl (C=O) groups excluding carboxylic acids is 6. The van der Waals surface area contributed by atoms with Gasteiger partial charge in [0, 0.05) is 97.6 Å². The van der Waals surface area contributed by atoms with E-state index in [1.54, 1.807) is 34.8 Å². The maximum absolute atomic E-state index is 13.2. The third kappa shape index (κ3) is 12.6. The molecule has 4 aliphatic rings. The van der Waals surface area contributed by atoms with Crippen molar-refractivity contribution in [2.24, 2.45) is 0 Å². The number of aryl methyl sites for hydroxylation is 1. The zero-order valence-electron chi connectivity index (χ0n) is 40.6. The number of thiophene rings is 2. The smallest absolute Gasteiger partial charge is 0.264 e. The van der Waals surface area contributed by atoms with Gasteiger partial charge < -0.3 is 31.1 Å². The van der Waals surface area contributed by atoms with Gasteiger partial charge in [0.25, 0.3) is 11.8 Å². The van der Waals surface area contributed by atoms with Crippen LogP contribution in [0.15, 0.2) is 73.1 Å². The lowest BCUT2D eigenvalue weighted by molar-refractivity contribution is -0.122. The first-order chi connectivity index (χ1) is 35.9. The minimum absolute atomic E-state index is 0.00248. The first-order valence-electron chi connectivity index (χ1n) is 25.3. The van der Waals surface area contributed by atoms with Crippen molar-refractivity contribution in [3.63, 3.8) is 0 Å². The van der Waals surface area contributed by atoms with E-state index in [0.29, 0.717) is 102 Å². The largest absolute Gasteiger partial charge is 0.352 e. The fourth-order valence-corrected chi connectivity index (χ4v) is 14.0. The standard InChI is InChI=1S/C54H56Cl2N8O6S4/c55-39-21-32(46-25-60-51(73-46)35-27-63(28-35)53(69)44-16-15-38(71-44)23-43(66)41-6-3-19-57-41)10-9-31(39)13-14-37(65)5-1-2-8-48(67)59-24-34-12-11-33(22-40(34)56)47-26-61-52(74-47)36-29-64(30-36)54(70)45-17-18-49(72-45)62-50(68)42-7-4-20-58-42/h9-12,15-18,21-22,25-26,35-36,41-42,57-58H,1-8,13-14,19-20,23-24,27-30H2,(H,59,67)(H,62,68)/t41-,42-/m0/s1. The zero-order chi connectivity index (χ0) is 51.3. The molecule has 2 atom stereocenters. The Balaban J connectivity index is 0.596. The summed E-state index contributed by atoms with van der Waals surface area (Å²) >= 11 is 19.3. The molecule has 10 rings (SSSR count). The van der Waals surface area contributed by atoms with Gasteiger partial charge in [0.05, 0.1) is 46.6 Å². The predicted octanol–water partition coefficient (Wildman–Crippen LogP) is 9.78. The molecule has 2 aromatic carbocycles. The number of ketones is 2. The molecule has 0 saturated carbocycles. The number of benzene rings is 2. The SMILES string of the molecule is O=C(CCCCC(=O)NCc1ccc(-c2cnc(C3CN(C(=O)c4ccc(NC(=O)[C@@H]5CCCN5)s4)C3)s2)cc1Cl)CCc1ccc(-c2cnc(C3CN(C(=O)c4ccc(CC(=O)[C@@H]5CCCN5)s4)C3)s2)cc1Cl. The lowest BCUT2D eigenvalue weighted by Crippen LogP contribution is -2.48. The second-order valence-corrected chi connectivity index (χ2v) is 24.6. The van der Waals surface area contributed by atoms with E-state index < -0.39 is 0 Å². The summed E-state index contributed by atoms with van der Waals surface area (Å²) in [5.41, 5.74) is 3.59. The maximum atomic E-state index is 13.2. The minimum Gasteiger partial charge on any atom is -0.352 e. The van der Waals surface area contributed by atoms with Gasteiger partial charge in [-0.3, -0.25) is 28.8 Å². The molecule has 8 heterocycles. The summed E-state index contributed by atoms with van der Waals surface area (Å²) in [5, 5.41) is 16.1.